The fourth-order valence-electron chi connectivity index (χ4n) is 3.28. The van der Waals surface area contributed by atoms with E-state index in [4.69, 9.17) is 0 Å². The largest absolute Gasteiger partial charge is 0.224 e. The highest BCUT2D eigenvalue weighted by Crippen LogP contribution is 2.37. The SMILES string of the molecule is O=S(=O)(C[C@@H]1CCC[C@@H]1CSc1ccccc1)c1ccccc1. The van der Waals surface area contributed by atoms with Gasteiger partial charge in [-0.05, 0) is 48.9 Å². The van der Waals surface area contributed by atoms with Crippen molar-refractivity contribution in [3.63, 3.8) is 0 Å². The Morgan fingerprint density at radius 1 is 0.870 bits per heavy atom. The summed E-state index contributed by atoms with van der Waals surface area (Å²) in [7, 11) is -3.17. The molecule has 3 rings (SSSR count). The zero-order valence-corrected chi connectivity index (χ0v) is 14.7. The molecular formula is C19H22O2S2. The lowest BCUT2D eigenvalue weighted by molar-refractivity contribution is 0.459. The molecule has 2 aromatic rings. The first-order chi connectivity index (χ1) is 11.1. The molecular weight excluding hydrogens is 324 g/mol. The summed E-state index contributed by atoms with van der Waals surface area (Å²) >= 11 is 1.85. The van der Waals surface area contributed by atoms with E-state index in [1.807, 2.05) is 36.0 Å². The van der Waals surface area contributed by atoms with Gasteiger partial charge in [-0.15, -0.1) is 11.8 Å². The predicted octanol–water partition coefficient (Wildman–Crippen LogP) is 4.67. The van der Waals surface area contributed by atoms with Crippen molar-refractivity contribution in [3.8, 4) is 0 Å². The summed E-state index contributed by atoms with van der Waals surface area (Å²) in [5, 5.41) is 0. The Balaban J connectivity index is 1.63. The summed E-state index contributed by atoms with van der Waals surface area (Å²) in [6.07, 6.45) is 3.33. The second-order valence-corrected chi connectivity index (χ2v) is 9.30. The van der Waals surface area contributed by atoms with Crippen LogP contribution in [0.2, 0.25) is 0 Å². The van der Waals surface area contributed by atoms with Crippen molar-refractivity contribution >= 4 is 21.6 Å². The van der Waals surface area contributed by atoms with Gasteiger partial charge in [0.15, 0.2) is 9.84 Å². The van der Waals surface area contributed by atoms with E-state index in [1.165, 1.54) is 4.90 Å². The summed E-state index contributed by atoms with van der Waals surface area (Å²) < 4.78 is 25.2. The van der Waals surface area contributed by atoms with Crippen LogP contribution in [0.5, 0.6) is 0 Å². The van der Waals surface area contributed by atoms with E-state index in [1.54, 1.807) is 24.3 Å². The van der Waals surface area contributed by atoms with E-state index in [9.17, 15) is 8.42 Å². The van der Waals surface area contributed by atoms with Crippen LogP contribution in [0.25, 0.3) is 0 Å². The Bertz CT molecular complexity index is 712. The highest BCUT2D eigenvalue weighted by atomic mass is 32.2. The second kappa shape index (κ2) is 7.54. The van der Waals surface area contributed by atoms with Crippen LogP contribution in [0, 0.1) is 11.8 Å². The van der Waals surface area contributed by atoms with Gasteiger partial charge < -0.3 is 0 Å². The van der Waals surface area contributed by atoms with Crippen molar-refractivity contribution in [2.45, 2.75) is 29.1 Å². The molecule has 122 valence electrons. The Hall–Kier alpha value is -1.26. The van der Waals surface area contributed by atoms with Crippen LogP contribution in [-0.2, 0) is 9.84 Å². The van der Waals surface area contributed by atoms with Gasteiger partial charge in [-0.25, -0.2) is 8.42 Å². The second-order valence-electron chi connectivity index (χ2n) is 6.17. The first-order valence-electron chi connectivity index (χ1n) is 8.11. The number of rotatable bonds is 6. The zero-order chi connectivity index (χ0) is 16.1. The normalized spacial score (nSPS) is 21.4. The fraction of sp³-hybridized carbons (Fsp3) is 0.368. The van der Waals surface area contributed by atoms with Gasteiger partial charge >= 0.3 is 0 Å². The Morgan fingerprint density at radius 3 is 2.17 bits per heavy atom. The van der Waals surface area contributed by atoms with Gasteiger partial charge in [0.2, 0.25) is 0 Å². The third kappa shape index (κ3) is 4.39. The van der Waals surface area contributed by atoms with Crippen LogP contribution < -0.4 is 0 Å². The minimum absolute atomic E-state index is 0.288. The van der Waals surface area contributed by atoms with Crippen molar-refractivity contribution < 1.29 is 8.42 Å². The van der Waals surface area contributed by atoms with E-state index >= 15 is 0 Å². The lowest BCUT2D eigenvalue weighted by atomic mass is 10.0. The molecule has 2 nitrogen and oxygen atoms in total. The van der Waals surface area contributed by atoms with Crippen molar-refractivity contribution in [1.29, 1.82) is 0 Å². The maximum atomic E-state index is 12.6. The van der Waals surface area contributed by atoms with Crippen LogP contribution in [0.15, 0.2) is 70.5 Å². The highest BCUT2D eigenvalue weighted by molar-refractivity contribution is 7.99. The minimum Gasteiger partial charge on any atom is -0.224 e. The molecule has 0 aliphatic heterocycles. The van der Waals surface area contributed by atoms with E-state index in [0.717, 1.165) is 25.0 Å². The van der Waals surface area contributed by atoms with Gasteiger partial charge in [0, 0.05) is 10.6 Å². The number of benzene rings is 2. The van der Waals surface area contributed by atoms with Crippen LogP contribution in [-0.4, -0.2) is 19.9 Å². The molecule has 1 aliphatic rings. The van der Waals surface area contributed by atoms with Gasteiger partial charge in [-0.1, -0.05) is 42.8 Å². The van der Waals surface area contributed by atoms with Gasteiger partial charge in [-0.3, -0.25) is 0 Å². The first-order valence-corrected chi connectivity index (χ1v) is 10.7. The molecule has 1 saturated carbocycles. The Morgan fingerprint density at radius 2 is 1.48 bits per heavy atom. The molecule has 0 unspecified atom stereocenters. The molecule has 0 radical (unpaired) electrons. The minimum atomic E-state index is -3.17. The molecule has 4 heteroatoms. The third-order valence-electron chi connectivity index (χ3n) is 4.56. The van der Waals surface area contributed by atoms with E-state index < -0.39 is 9.84 Å². The van der Waals surface area contributed by atoms with Crippen LogP contribution >= 0.6 is 11.8 Å². The van der Waals surface area contributed by atoms with E-state index in [-0.39, 0.29) is 11.7 Å². The van der Waals surface area contributed by atoms with Crippen LogP contribution in [0.3, 0.4) is 0 Å². The average molecular weight is 347 g/mol. The number of sulfone groups is 1. The first kappa shape index (κ1) is 16.6. The Kier molecular flexibility index (Phi) is 5.44. The zero-order valence-electron chi connectivity index (χ0n) is 13.1. The average Bonchev–Trinajstić information content (AvgIpc) is 3.01. The third-order valence-corrected chi connectivity index (χ3v) is 7.62. The van der Waals surface area contributed by atoms with Crippen molar-refractivity contribution in [2.75, 3.05) is 11.5 Å². The summed E-state index contributed by atoms with van der Waals surface area (Å²) in [6, 6.07) is 19.2. The lowest BCUT2D eigenvalue weighted by Crippen LogP contribution is -2.21. The standard InChI is InChI=1S/C19H22O2S2/c20-23(21,19-12-5-2-6-13-19)15-17-9-7-8-16(17)14-22-18-10-3-1-4-11-18/h1-6,10-13,16-17H,7-9,14-15H2/t16-,17+/m1/s1. The summed E-state index contributed by atoms with van der Waals surface area (Å²) in [5.41, 5.74) is 0. The molecule has 23 heavy (non-hydrogen) atoms. The maximum Gasteiger partial charge on any atom is 0.178 e. The molecule has 0 amide bonds. The molecule has 2 atom stereocenters. The molecule has 2 aromatic carbocycles. The quantitative estimate of drug-likeness (QED) is 0.713. The van der Waals surface area contributed by atoms with E-state index in [0.29, 0.717) is 10.8 Å². The summed E-state index contributed by atoms with van der Waals surface area (Å²) in [5.74, 6) is 2.09. The Labute approximate surface area is 143 Å². The predicted molar refractivity (Wildman–Crippen MR) is 96.5 cm³/mol. The van der Waals surface area contributed by atoms with Crippen LogP contribution in [0.4, 0.5) is 0 Å². The number of hydrogen-bond donors (Lipinski definition) is 0. The highest BCUT2D eigenvalue weighted by Gasteiger charge is 2.31. The molecule has 0 spiro atoms. The van der Waals surface area contributed by atoms with Gasteiger partial charge in [0.25, 0.3) is 0 Å². The van der Waals surface area contributed by atoms with E-state index in [2.05, 4.69) is 12.1 Å². The van der Waals surface area contributed by atoms with Gasteiger partial charge in [0.1, 0.15) is 0 Å². The lowest BCUT2D eigenvalue weighted by Gasteiger charge is -2.19. The molecule has 0 N–H and O–H groups in total. The number of hydrogen-bond acceptors (Lipinski definition) is 3. The van der Waals surface area contributed by atoms with Gasteiger partial charge in [-0.2, -0.15) is 0 Å². The monoisotopic (exact) mass is 346 g/mol. The van der Waals surface area contributed by atoms with Crippen molar-refractivity contribution in [2.24, 2.45) is 11.8 Å². The molecule has 1 fully saturated rings. The molecule has 0 bridgehead atoms. The topological polar surface area (TPSA) is 34.1 Å². The maximum absolute atomic E-state index is 12.6. The molecule has 0 aromatic heterocycles. The summed E-state index contributed by atoms with van der Waals surface area (Å²) in [6.45, 7) is 0. The smallest absolute Gasteiger partial charge is 0.178 e. The van der Waals surface area contributed by atoms with Crippen molar-refractivity contribution in [1.82, 2.24) is 0 Å². The molecule has 0 saturated heterocycles. The molecule has 0 heterocycles. The van der Waals surface area contributed by atoms with Crippen molar-refractivity contribution in [3.05, 3.63) is 60.7 Å². The number of thioether (sulfide) groups is 1. The molecule has 1 aliphatic carbocycles. The van der Waals surface area contributed by atoms with Crippen LogP contribution in [0.1, 0.15) is 19.3 Å². The fourth-order valence-corrected chi connectivity index (χ4v) is 6.24. The summed E-state index contributed by atoms with van der Waals surface area (Å²) in [4.78, 5) is 1.73. The van der Waals surface area contributed by atoms with Gasteiger partial charge in [0.05, 0.1) is 10.6 Å².